The van der Waals surface area contributed by atoms with Crippen LogP contribution in [0, 0.1) is 12.8 Å². The predicted octanol–water partition coefficient (Wildman–Crippen LogP) is 0.939. The molecule has 2 aliphatic heterocycles. The van der Waals surface area contributed by atoms with E-state index in [1.165, 1.54) is 50.4 Å². The van der Waals surface area contributed by atoms with Crippen LogP contribution in [0.15, 0.2) is 6.20 Å². The van der Waals surface area contributed by atoms with E-state index in [0.717, 1.165) is 25.9 Å². The van der Waals surface area contributed by atoms with Gasteiger partial charge < -0.3 is 10.0 Å². The number of aryl methyl sites for hydroxylation is 1. The molecule has 6 heteroatoms. The number of hydrogen-bond donors (Lipinski definition) is 1. The van der Waals surface area contributed by atoms with E-state index >= 15 is 0 Å². The lowest BCUT2D eigenvalue weighted by molar-refractivity contribution is 0.0211. The van der Waals surface area contributed by atoms with Crippen LogP contribution in [0.4, 0.5) is 0 Å². The van der Waals surface area contributed by atoms with E-state index in [1.54, 1.807) is 0 Å². The highest BCUT2D eigenvalue weighted by atomic mass is 16.2. The van der Waals surface area contributed by atoms with Crippen LogP contribution in [0.2, 0.25) is 0 Å². The number of likely N-dealkylation sites (N-methyl/N-ethyl adjacent to an activating group) is 1. The number of likely N-dealkylation sites (tertiary alicyclic amines) is 1. The Hall–Kier alpha value is -0.950. The Bertz CT molecular complexity index is 538. The minimum atomic E-state index is 0.313. The molecule has 0 amide bonds. The third-order valence-electron chi connectivity index (χ3n) is 6.25. The molecule has 3 heterocycles. The highest BCUT2D eigenvalue weighted by Gasteiger charge is 2.34. The summed E-state index contributed by atoms with van der Waals surface area (Å²) in [5, 5.41) is 13.7. The fourth-order valence-corrected chi connectivity index (χ4v) is 4.45. The normalized spacial score (nSPS) is 27.0. The van der Waals surface area contributed by atoms with Gasteiger partial charge in [0.1, 0.15) is 0 Å². The van der Waals surface area contributed by atoms with E-state index in [2.05, 4.69) is 33.8 Å². The van der Waals surface area contributed by atoms with Crippen molar-refractivity contribution in [3.63, 3.8) is 0 Å². The summed E-state index contributed by atoms with van der Waals surface area (Å²) >= 11 is 0. The molecule has 6 nitrogen and oxygen atoms in total. The topological polar surface area (TPSA) is 47.8 Å². The van der Waals surface area contributed by atoms with Gasteiger partial charge in [-0.05, 0) is 45.7 Å². The molecular weight excluding hydrogens is 314 g/mol. The van der Waals surface area contributed by atoms with Gasteiger partial charge in [-0.2, -0.15) is 5.10 Å². The van der Waals surface area contributed by atoms with E-state index in [1.807, 2.05) is 17.9 Å². The molecule has 142 valence electrons. The zero-order valence-electron chi connectivity index (χ0n) is 16.2. The number of aliphatic hydroxyl groups is 1. The largest absolute Gasteiger partial charge is 0.396 e. The van der Waals surface area contributed by atoms with Gasteiger partial charge in [-0.1, -0.05) is 0 Å². The summed E-state index contributed by atoms with van der Waals surface area (Å²) in [6, 6.07) is 0.687. The van der Waals surface area contributed by atoms with Gasteiger partial charge in [-0.25, -0.2) is 0 Å². The van der Waals surface area contributed by atoms with Gasteiger partial charge in [0, 0.05) is 70.2 Å². The van der Waals surface area contributed by atoms with Crippen molar-refractivity contribution in [3.8, 4) is 0 Å². The number of aromatic nitrogens is 2. The van der Waals surface area contributed by atoms with Crippen molar-refractivity contribution < 1.29 is 5.11 Å². The van der Waals surface area contributed by atoms with Gasteiger partial charge in [-0.15, -0.1) is 0 Å². The Balaban J connectivity index is 1.62. The molecule has 2 fully saturated rings. The highest BCUT2D eigenvalue weighted by Crippen LogP contribution is 2.28. The van der Waals surface area contributed by atoms with Crippen LogP contribution >= 0.6 is 0 Å². The van der Waals surface area contributed by atoms with E-state index in [9.17, 15) is 5.11 Å². The van der Waals surface area contributed by atoms with Crippen molar-refractivity contribution in [2.24, 2.45) is 13.0 Å². The second-order valence-electron chi connectivity index (χ2n) is 7.94. The van der Waals surface area contributed by atoms with Crippen LogP contribution in [0.5, 0.6) is 0 Å². The van der Waals surface area contributed by atoms with Crippen LogP contribution in [0.3, 0.4) is 0 Å². The smallest absolute Gasteiger partial charge is 0.0537 e. The molecule has 0 aliphatic carbocycles. The third kappa shape index (κ3) is 4.61. The quantitative estimate of drug-likeness (QED) is 0.828. The molecule has 2 aliphatic rings. The van der Waals surface area contributed by atoms with Gasteiger partial charge in [-0.3, -0.25) is 14.5 Å². The first kappa shape index (κ1) is 18.8. The van der Waals surface area contributed by atoms with Crippen molar-refractivity contribution in [1.29, 1.82) is 0 Å². The first-order chi connectivity index (χ1) is 12.1. The first-order valence-corrected chi connectivity index (χ1v) is 9.81. The Morgan fingerprint density at radius 3 is 2.56 bits per heavy atom. The summed E-state index contributed by atoms with van der Waals surface area (Å²) in [5.74, 6) is 0.668. The number of rotatable bonds is 6. The van der Waals surface area contributed by atoms with E-state index in [0.29, 0.717) is 18.6 Å². The predicted molar refractivity (Wildman–Crippen MR) is 101 cm³/mol. The Kier molecular flexibility index (Phi) is 6.49. The molecule has 0 spiro atoms. The van der Waals surface area contributed by atoms with Gasteiger partial charge >= 0.3 is 0 Å². The molecule has 0 saturated carbocycles. The molecule has 0 radical (unpaired) electrons. The second kappa shape index (κ2) is 8.62. The lowest BCUT2D eigenvalue weighted by Crippen LogP contribution is -2.56. The van der Waals surface area contributed by atoms with Crippen molar-refractivity contribution in [3.05, 3.63) is 17.5 Å². The Labute approximate surface area is 152 Å². The standard InChI is InChI=1S/C19H35N5O/c1-16-18(13-20-22(16)3)15-23-7-6-19(17(14-23)5-4-12-25)24-10-8-21(2)9-11-24/h13,17,19,25H,4-12,14-15H2,1-3H3/t17-,19+/m1/s1. The molecule has 25 heavy (non-hydrogen) atoms. The molecule has 0 aromatic carbocycles. The van der Waals surface area contributed by atoms with Crippen LogP contribution in [-0.4, -0.2) is 88.6 Å². The summed E-state index contributed by atoms with van der Waals surface area (Å²) in [7, 11) is 4.24. The van der Waals surface area contributed by atoms with Gasteiger partial charge in [0.15, 0.2) is 0 Å². The Morgan fingerprint density at radius 1 is 1.16 bits per heavy atom. The maximum absolute atomic E-state index is 9.32. The van der Waals surface area contributed by atoms with Crippen molar-refractivity contribution in [2.75, 3.05) is 52.9 Å². The molecule has 3 rings (SSSR count). The molecule has 0 unspecified atom stereocenters. The van der Waals surface area contributed by atoms with E-state index in [4.69, 9.17) is 0 Å². The lowest BCUT2D eigenvalue weighted by atomic mass is 9.86. The maximum Gasteiger partial charge on any atom is 0.0537 e. The summed E-state index contributed by atoms with van der Waals surface area (Å²) in [4.78, 5) is 7.74. The first-order valence-electron chi connectivity index (χ1n) is 9.81. The monoisotopic (exact) mass is 349 g/mol. The number of piperazine rings is 1. The summed E-state index contributed by atoms with van der Waals surface area (Å²) in [6.07, 6.45) is 5.33. The van der Waals surface area contributed by atoms with Crippen LogP contribution in [-0.2, 0) is 13.6 Å². The summed E-state index contributed by atoms with van der Waals surface area (Å²) in [6.45, 7) is 10.5. The number of piperidine rings is 1. The fraction of sp³-hybridized carbons (Fsp3) is 0.842. The Morgan fingerprint density at radius 2 is 1.92 bits per heavy atom. The van der Waals surface area contributed by atoms with Crippen molar-refractivity contribution >= 4 is 0 Å². The summed E-state index contributed by atoms with van der Waals surface area (Å²) in [5.41, 5.74) is 2.62. The van der Waals surface area contributed by atoms with Gasteiger partial charge in [0.2, 0.25) is 0 Å². The third-order valence-corrected chi connectivity index (χ3v) is 6.25. The molecule has 0 bridgehead atoms. The lowest BCUT2D eigenvalue weighted by Gasteiger charge is -2.46. The van der Waals surface area contributed by atoms with Crippen molar-refractivity contribution in [1.82, 2.24) is 24.5 Å². The second-order valence-corrected chi connectivity index (χ2v) is 7.94. The molecular formula is C19H35N5O. The average Bonchev–Trinajstić information content (AvgIpc) is 2.93. The maximum atomic E-state index is 9.32. The molecule has 1 aromatic rings. The number of nitrogens with zero attached hydrogens (tertiary/aromatic N) is 5. The van der Waals surface area contributed by atoms with E-state index < -0.39 is 0 Å². The van der Waals surface area contributed by atoms with Gasteiger partial charge in [0.05, 0.1) is 6.20 Å². The minimum absolute atomic E-state index is 0.313. The van der Waals surface area contributed by atoms with Crippen LogP contribution in [0.1, 0.15) is 30.5 Å². The average molecular weight is 350 g/mol. The zero-order valence-corrected chi connectivity index (χ0v) is 16.2. The zero-order chi connectivity index (χ0) is 17.8. The molecule has 2 saturated heterocycles. The fourth-order valence-electron chi connectivity index (χ4n) is 4.45. The number of aliphatic hydroxyl groups excluding tert-OH is 1. The van der Waals surface area contributed by atoms with E-state index in [-0.39, 0.29) is 0 Å². The highest BCUT2D eigenvalue weighted by molar-refractivity contribution is 5.15. The number of hydrogen-bond acceptors (Lipinski definition) is 5. The summed E-state index contributed by atoms with van der Waals surface area (Å²) < 4.78 is 1.97. The van der Waals surface area contributed by atoms with Crippen LogP contribution < -0.4 is 0 Å². The molecule has 1 aromatic heterocycles. The van der Waals surface area contributed by atoms with Gasteiger partial charge in [0.25, 0.3) is 0 Å². The molecule has 1 N–H and O–H groups in total. The van der Waals surface area contributed by atoms with Crippen molar-refractivity contribution in [2.45, 2.75) is 38.8 Å². The van der Waals surface area contributed by atoms with Crippen LogP contribution in [0.25, 0.3) is 0 Å². The molecule has 2 atom stereocenters. The SMILES string of the molecule is Cc1c(CN2CC[C@H](N3CCN(C)CC3)[C@H](CCCO)C2)cnn1C. The minimum Gasteiger partial charge on any atom is -0.396 e.